The third kappa shape index (κ3) is 7.21. The van der Waals surface area contributed by atoms with Crippen molar-refractivity contribution in [3.8, 4) is 0 Å². The van der Waals surface area contributed by atoms with Gasteiger partial charge in [-0.25, -0.2) is 0 Å². The molecule has 0 aliphatic carbocycles. The molecule has 8 heteroatoms. The zero-order valence-electron chi connectivity index (χ0n) is 25.6. The number of piperazine rings is 1. The Labute approximate surface area is 245 Å². The molecule has 3 heterocycles. The normalized spacial score (nSPS) is 19.4. The van der Waals surface area contributed by atoms with E-state index in [1.165, 1.54) is 5.56 Å². The van der Waals surface area contributed by atoms with Crippen molar-refractivity contribution >= 4 is 17.7 Å². The monoisotopic (exact) mass is 564 g/mol. The molecule has 0 bridgehead atoms. The lowest BCUT2D eigenvalue weighted by Crippen LogP contribution is -2.72. The number of amides is 3. The minimum absolute atomic E-state index is 0.00310. The van der Waals surface area contributed by atoms with Crippen LogP contribution in [0.15, 0.2) is 40.8 Å². The average molecular weight is 565 g/mol. The van der Waals surface area contributed by atoms with Gasteiger partial charge in [-0.2, -0.15) is 0 Å². The molecule has 2 N–H and O–H groups in total. The molecule has 0 unspecified atom stereocenters. The molecule has 0 saturated carbocycles. The fourth-order valence-electron chi connectivity index (χ4n) is 6.04. The number of hydrogen-bond donors (Lipinski definition) is 2. The minimum Gasteiger partial charge on any atom is -0.465 e. The molecular weight excluding hydrogens is 516 g/mol. The van der Waals surface area contributed by atoms with E-state index in [0.717, 1.165) is 51.1 Å². The van der Waals surface area contributed by atoms with Crippen LogP contribution < -0.4 is 10.6 Å². The number of hydrogen-bond acceptors (Lipinski definition) is 5. The quantitative estimate of drug-likeness (QED) is 0.389. The van der Waals surface area contributed by atoms with Gasteiger partial charge in [0, 0.05) is 38.1 Å². The summed E-state index contributed by atoms with van der Waals surface area (Å²) in [7, 11) is 0. The van der Waals surface area contributed by atoms with Crippen LogP contribution in [0.25, 0.3) is 0 Å². The van der Waals surface area contributed by atoms with Crippen molar-refractivity contribution in [2.45, 2.75) is 96.6 Å². The molecule has 2 fully saturated rings. The van der Waals surface area contributed by atoms with Crippen molar-refractivity contribution in [3.05, 3.63) is 59.0 Å². The molecule has 1 aromatic heterocycles. The summed E-state index contributed by atoms with van der Waals surface area (Å²) in [6, 6.07) is 11.8. The largest absolute Gasteiger partial charge is 0.465 e. The van der Waals surface area contributed by atoms with E-state index in [9.17, 15) is 14.4 Å². The molecule has 4 rings (SSSR count). The summed E-state index contributed by atoms with van der Waals surface area (Å²) in [5, 5.41) is 6.07. The second kappa shape index (κ2) is 13.2. The Hall–Kier alpha value is -3.13. The first kappa shape index (κ1) is 30.8. The zero-order valence-corrected chi connectivity index (χ0v) is 25.6. The van der Waals surface area contributed by atoms with Crippen LogP contribution in [0.4, 0.5) is 0 Å². The first-order valence-corrected chi connectivity index (χ1v) is 15.3. The standard InChI is InChI=1S/C33H48N4O4/c1-6-19-37-30(39)27(14-10-11-18-34-29(38)26-23-28(32(3,4)5)41-24(26)2)35-31(40)33(37)16-21-36(22-17-33)20-15-25-12-8-7-9-13-25/h7-9,12-13,23,27H,6,10-11,14-22H2,1-5H3,(H,34,38)(H,35,40)/t27-/m0/s1. The summed E-state index contributed by atoms with van der Waals surface area (Å²) < 4.78 is 5.80. The summed E-state index contributed by atoms with van der Waals surface area (Å²) in [5.74, 6) is 1.30. The van der Waals surface area contributed by atoms with Gasteiger partial charge in [0.1, 0.15) is 23.1 Å². The maximum absolute atomic E-state index is 13.6. The molecule has 8 nitrogen and oxygen atoms in total. The van der Waals surface area contributed by atoms with E-state index in [0.29, 0.717) is 43.7 Å². The third-order valence-electron chi connectivity index (χ3n) is 8.61. The molecule has 1 aromatic carbocycles. The number of carbonyl (C=O) groups excluding carboxylic acids is 3. The number of piperidine rings is 1. The molecular formula is C33H48N4O4. The van der Waals surface area contributed by atoms with Crippen LogP contribution in [0, 0.1) is 6.92 Å². The van der Waals surface area contributed by atoms with E-state index < -0.39 is 11.6 Å². The Kier molecular flexibility index (Phi) is 9.95. The second-order valence-electron chi connectivity index (χ2n) is 12.7. The Balaban J connectivity index is 1.26. The highest BCUT2D eigenvalue weighted by atomic mass is 16.3. The minimum atomic E-state index is -0.741. The highest BCUT2D eigenvalue weighted by Gasteiger charge is 2.53. The fraction of sp³-hybridized carbons (Fsp3) is 0.606. The molecule has 0 radical (unpaired) electrons. The predicted molar refractivity (Wildman–Crippen MR) is 161 cm³/mol. The van der Waals surface area contributed by atoms with E-state index in [1.54, 1.807) is 0 Å². The van der Waals surface area contributed by atoms with Crippen molar-refractivity contribution in [1.82, 2.24) is 20.4 Å². The van der Waals surface area contributed by atoms with E-state index >= 15 is 0 Å². The lowest BCUT2D eigenvalue weighted by Gasteiger charge is -2.51. The first-order valence-electron chi connectivity index (χ1n) is 15.3. The summed E-state index contributed by atoms with van der Waals surface area (Å²) in [5.41, 5.74) is 0.981. The maximum Gasteiger partial charge on any atom is 0.254 e. The molecule has 2 aromatic rings. The van der Waals surface area contributed by atoms with Crippen LogP contribution >= 0.6 is 0 Å². The van der Waals surface area contributed by atoms with E-state index in [1.807, 2.05) is 24.0 Å². The van der Waals surface area contributed by atoms with E-state index in [2.05, 4.69) is 67.5 Å². The van der Waals surface area contributed by atoms with Gasteiger partial charge in [-0.3, -0.25) is 14.4 Å². The lowest BCUT2D eigenvalue weighted by atomic mass is 9.81. The van der Waals surface area contributed by atoms with Gasteiger partial charge in [0.15, 0.2) is 0 Å². The van der Waals surface area contributed by atoms with Crippen LogP contribution in [-0.4, -0.2) is 71.8 Å². The number of nitrogens with zero attached hydrogens (tertiary/aromatic N) is 2. The Morgan fingerprint density at radius 1 is 1.10 bits per heavy atom. The summed E-state index contributed by atoms with van der Waals surface area (Å²) >= 11 is 0. The number of likely N-dealkylation sites (tertiary alicyclic amines) is 1. The van der Waals surface area contributed by atoms with Gasteiger partial charge < -0.3 is 24.9 Å². The Morgan fingerprint density at radius 2 is 1.80 bits per heavy atom. The smallest absolute Gasteiger partial charge is 0.254 e. The average Bonchev–Trinajstić information content (AvgIpc) is 3.36. The number of carbonyl (C=O) groups is 3. The summed E-state index contributed by atoms with van der Waals surface area (Å²) in [6.45, 7) is 13.7. The van der Waals surface area contributed by atoms with Gasteiger partial charge >= 0.3 is 0 Å². The van der Waals surface area contributed by atoms with Gasteiger partial charge in [0.2, 0.25) is 11.8 Å². The van der Waals surface area contributed by atoms with Crippen molar-refractivity contribution in [2.24, 2.45) is 0 Å². The maximum atomic E-state index is 13.6. The highest BCUT2D eigenvalue weighted by Crippen LogP contribution is 2.34. The zero-order chi connectivity index (χ0) is 29.6. The van der Waals surface area contributed by atoms with Crippen molar-refractivity contribution < 1.29 is 18.8 Å². The van der Waals surface area contributed by atoms with Gasteiger partial charge in [-0.05, 0) is 63.5 Å². The first-order chi connectivity index (χ1) is 19.5. The van der Waals surface area contributed by atoms with Gasteiger partial charge in [0.05, 0.1) is 5.56 Å². The molecule has 2 aliphatic rings. The van der Waals surface area contributed by atoms with Crippen LogP contribution in [-0.2, 0) is 21.4 Å². The van der Waals surface area contributed by atoms with Crippen LogP contribution in [0.3, 0.4) is 0 Å². The molecule has 41 heavy (non-hydrogen) atoms. The van der Waals surface area contributed by atoms with E-state index in [4.69, 9.17) is 4.42 Å². The summed E-state index contributed by atoms with van der Waals surface area (Å²) in [6.07, 6.45) is 5.17. The summed E-state index contributed by atoms with van der Waals surface area (Å²) in [4.78, 5) is 44.2. The SMILES string of the molecule is CCCN1C(=O)[C@H](CCCCNC(=O)c2cc(C(C)(C)C)oc2C)NC(=O)C12CCN(CCc1ccccc1)CC2. The number of furan rings is 1. The fourth-order valence-corrected chi connectivity index (χ4v) is 6.04. The molecule has 3 amide bonds. The Bertz CT molecular complexity index is 1190. The van der Waals surface area contributed by atoms with E-state index in [-0.39, 0.29) is 23.1 Å². The van der Waals surface area contributed by atoms with Crippen molar-refractivity contribution in [2.75, 3.05) is 32.7 Å². The molecule has 1 spiro atoms. The highest BCUT2D eigenvalue weighted by molar-refractivity contribution is 6.00. The van der Waals surface area contributed by atoms with Gasteiger partial charge in [0.25, 0.3) is 5.91 Å². The van der Waals surface area contributed by atoms with Crippen LogP contribution in [0.5, 0.6) is 0 Å². The van der Waals surface area contributed by atoms with Crippen molar-refractivity contribution in [3.63, 3.8) is 0 Å². The van der Waals surface area contributed by atoms with Gasteiger partial charge in [-0.15, -0.1) is 0 Å². The number of nitrogens with one attached hydrogen (secondary N) is 2. The predicted octanol–water partition coefficient (Wildman–Crippen LogP) is 4.60. The topological polar surface area (TPSA) is 94.9 Å². The number of aryl methyl sites for hydroxylation is 1. The van der Waals surface area contributed by atoms with Crippen LogP contribution in [0.2, 0.25) is 0 Å². The Morgan fingerprint density at radius 3 is 2.44 bits per heavy atom. The number of rotatable bonds is 11. The third-order valence-corrected chi connectivity index (χ3v) is 8.61. The van der Waals surface area contributed by atoms with Crippen molar-refractivity contribution in [1.29, 1.82) is 0 Å². The number of unbranched alkanes of at least 4 members (excludes halogenated alkanes) is 1. The molecule has 224 valence electrons. The number of benzene rings is 1. The van der Waals surface area contributed by atoms with Crippen LogP contribution in [0.1, 0.15) is 93.7 Å². The molecule has 2 aliphatic heterocycles. The lowest BCUT2D eigenvalue weighted by molar-refractivity contribution is -0.161. The van der Waals surface area contributed by atoms with Gasteiger partial charge in [-0.1, -0.05) is 58.0 Å². The second-order valence-corrected chi connectivity index (χ2v) is 12.7. The molecule has 1 atom stereocenters. The molecule has 2 saturated heterocycles.